The third-order valence-corrected chi connectivity index (χ3v) is 2.06. The Labute approximate surface area is 85.0 Å². The van der Waals surface area contributed by atoms with Crippen LogP contribution in [-0.2, 0) is 0 Å². The molecule has 1 aromatic carbocycles. The van der Waals surface area contributed by atoms with Crippen LogP contribution >= 0.6 is 11.6 Å². The Bertz CT molecular complexity index is 389. The summed E-state index contributed by atoms with van der Waals surface area (Å²) in [4.78, 5) is 10.8. The Balaban J connectivity index is 2.58. The highest BCUT2D eigenvalue weighted by molar-refractivity contribution is 6.31. The van der Waals surface area contributed by atoms with Crippen molar-refractivity contribution in [2.45, 2.75) is 0 Å². The second-order valence-electron chi connectivity index (χ2n) is 2.78. The van der Waals surface area contributed by atoms with Gasteiger partial charge in [0, 0.05) is 11.1 Å². The van der Waals surface area contributed by atoms with Gasteiger partial charge < -0.3 is 14.6 Å². The molecule has 0 aromatic heterocycles. The van der Waals surface area contributed by atoms with Gasteiger partial charge in [0.1, 0.15) is 18.8 Å². The highest BCUT2D eigenvalue weighted by atomic mass is 35.5. The van der Waals surface area contributed by atoms with Gasteiger partial charge in [-0.15, -0.1) is 0 Å². The summed E-state index contributed by atoms with van der Waals surface area (Å²) in [6.07, 6.45) is 0. The lowest BCUT2D eigenvalue weighted by molar-refractivity contribution is 0.0686. The highest BCUT2D eigenvalue weighted by Gasteiger charge is 2.21. The summed E-state index contributed by atoms with van der Waals surface area (Å²) in [6.45, 7) is 0.765. The van der Waals surface area contributed by atoms with Crippen LogP contribution in [0.3, 0.4) is 0 Å². The molecule has 0 spiro atoms. The van der Waals surface area contributed by atoms with Crippen LogP contribution in [0.1, 0.15) is 10.4 Å². The minimum Gasteiger partial charge on any atom is -0.486 e. The van der Waals surface area contributed by atoms with E-state index in [4.69, 9.17) is 26.2 Å². The third-order valence-electron chi connectivity index (χ3n) is 1.84. The Kier molecular flexibility index (Phi) is 2.21. The van der Waals surface area contributed by atoms with Crippen LogP contribution in [0.15, 0.2) is 12.1 Å². The van der Waals surface area contributed by atoms with E-state index in [0.717, 1.165) is 0 Å². The molecule has 74 valence electrons. The average Bonchev–Trinajstić information content (AvgIpc) is 2.16. The van der Waals surface area contributed by atoms with Crippen LogP contribution in [0.4, 0.5) is 0 Å². The van der Waals surface area contributed by atoms with Gasteiger partial charge in [0.25, 0.3) is 0 Å². The van der Waals surface area contributed by atoms with Crippen LogP contribution in [-0.4, -0.2) is 24.3 Å². The normalized spacial score (nSPS) is 13.8. The zero-order valence-corrected chi connectivity index (χ0v) is 7.87. The smallest absolute Gasteiger partial charge is 0.339 e. The summed E-state index contributed by atoms with van der Waals surface area (Å²) in [5.41, 5.74) is 0.0344. The number of carboxylic acids is 1. The predicted octanol–water partition coefficient (Wildman–Crippen LogP) is 1.81. The first-order valence-corrected chi connectivity index (χ1v) is 4.38. The van der Waals surface area contributed by atoms with Crippen LogP contribution in [0.2, 0.25) is 5.02 Å². The fourth-order valence-corrected chi connectivity index (χ4v) is 1.49. The zero-order chi connectivity index (χ0) is 10.1. The number of hydrogen-bond acceptors (Lipinski definition) is 3. The molecule has 1 aliphatic rings. The SMILES string of the molecule is O=C(O)c1cc(Cl)cc2c1OCCO2. The summed E-state index contributed by atoms with van der Waals surface area (Å²) in [5.74, 6) is -0.427. The van der Waals surface area contributed by atoms with E-state index < -0.39 is 5.97 Å². The fraction of sp³-hybridized carbons (Fsp3) is 0.222. The molecule has 1 aromatic rings. The number of halogens is 1. The lowest BCUT2D eigenvalue weighted by Crippen LogP contribution is -2.17. The Hall–Kier alpha value is -1.42. The quantitative estimate of drug-likeness (QED) is 0.775. The second kappa shape index (κ2) is 3.38. The molecule has 0 atom stereocenters. The van der Waals surface area contributed by atoms with Crippen molar-refractivity contribution in [3.63, 3.8) is 0 Å². The molecule has 0 unspecified atom stereocenters. The maximum Gasteiger partial charge on any atom is 0.339 e. The molecule has 4 nitrogen and oxygen atoms in total. The molecular weight excluding hydrogens is 208 g/mol. The topological polar surface area (TPSA) is 55.8 Å². The molecule has 1 heterocycles. The van der Waals surface area contributed by atoms with Gasteiger partial charge in [-0.1, -0.05) is 11.6 Å². The van der Waals surface area contributed by atoms with Gasteiger partial charge in [-0.05, 0) is 6.07 Å². The first kappa shape index (κ1) is 9.15. The number of aromatic carboxylic acids is 1. The van der Waals surface area contributed by atoms with E-state index in [0.29, 0.717) is 24.0 Å². The van der Waals surface area contributed by atoms with Crippen molar-refractivity contribution in [1.29, 1.82) is 0 Å². The predicted molar refractivity (Wildman–Crippen MR) is 49.4 cm³/mol. The molecule has 1 N–H and O–H groups in total. The van der Waals surface area contributed by atoms with Gasteiger partial charge >= 0.3 is 5.97 Å². The first-order chi connectivity index (χ1) is 6.68. The van der Waals surface area contributed by atoms with Gasteiger partial charge in [0.05, 0.1) is 0 Å². The van der Waals surface area contributed by atoms with E-state index in [-0.39, 0.29) is 11.3 Å². The summed E-state index contributed by atoms with van der Waals surface area (Å²) < 4.78 is 10.4. The van der Waals surface area contributed by atoms with Crippen LogP contribution in [0.5, 0.6) is 11.5 Å². The molecule has 0 aliphatic carbocycles. The van der Waals surface area contributed by atoms with Gasteiger partial charge in [-0.2, -0.15) is 0 Å². The molecule has 1 aliphatic heterocycles. The molecule has 14 heavy (non-hydrogen) atoms. The summed E-state index contributed by atoms with van der Waals surface area (Å²) in [7, 11) is 0. The lowest BCUT2D eigenvalue weighted by atomic mass is 10.2. The van der Waals surface area contributed by atoms with Crippen molar-refractivity contribution in [1.82, 2.24) is 0 Å². The number of carbonyl (C=O) groups is 1. The molecule has 0 saturated carbocycles. The molecule has 0 fully saturated rings. The number of hydrogen-bond donors (Lipinski definition) is 1. The summed E-state index contributed by atoms with van der Waals surface area (Å²) >= 11 is 5.73. The standard InChI is InChI=1S/C9H7ClO4/c10-5-3-6(9(11)12)8-7(4-5)13-1-2-14-8/h3-4H,1-2H2,(H,11,12). The van der Waals surface area contributed by atoms with Crippen molar-refractivity contribution in [3.05, 3.63) is 22.7 Å². The van der Waals surface area contributed by atoms with Crippen molar-refractivity contribution in [2.75, 3.05) is 13.2 Å². The van der Waals surface area contributed by atoms with Crippen LogP contribution in [0.25, 0.3) is 0 Å². The minimum atomic E-state index is -1.07. The Morgan fingerprint density at radius 2 is 2.07 bits per heavy atom. The van der Waals surface area contributed by atoms with Gasteiger partial charge in [0.2, 0.25) is 0 Å². The fourth-order valence-electron chi connectivity index (χ4n) is 1.28. The average molecular weight is 215 g/mol. The second-order valence-corrected chi connectivity index (χ2v) is 3.22. The van der Waals surface area contributed by atoms with E-state index in [9.17, 15) is 4.79 Å². The molecular formula is C9H7ClO4. The molecule has 0 bridgehead atoms. The van der Waals surface area contributed by atoms with Gasteiger partial charge in [0.15, 0.2) is 11.5 Å². The van der Waals surface area contributed by atoms with E-state index in [1.165, 1.54) is 6.07 Å². The van der Waals surface area contributed by atoms with E-state index in [1.807, 2.05) is 0 Å². The largest absolute Gasteiger partial charge is 0.486 e. The maximum absolute atomic E-state index is 10.8. The molecule has 5 heteroatoms. The van der Waals surface area contributed by atoms with Crippen molar-refractivity contribution >= 4 is 17.6 Å². The van der Waals surface area contributed by atoms with Gasteiger partial charge in [-0.3, -0.25) is 0 Å². The number of ether oxygens (including phenoxy) is 2. The molecule has 0 saturated heterocycles. The number of benzene rings is 1. The van der Waals surface area contributed by atoms with Crippen LogP contribution in [0, 0.1) is 0 Å². The molecule has 0 radical (unpaired) electrons. The van der Waals surface area contributed by atoms with E-state index in [2.05, 4.69) is 0 Å². The number of rotatable bonds is 1. The molecule has 0 amide bonds. The minimum absolute atomic E-state index is 0.0344. The summed E-state index contributed by atoms with van der Waals surface area (Å²) in [5, 5.41) is 9.20. The Morgan fingerprint density at radius 3 is 2.79 bits per heavy atom. The van der Waals surface area contributed by atoms with Crippen LogP contribution < -0.4 is 9.47 Å². The van der Waals surface area contributed by atoms with E-state index >= 15 is 0 Å². The lowest BCUT2D eigenvalue weighted by Gasteiger charge is -2.19. The third kappa shape index (κ3) is 1.48. The van der Waals surface area contributed by atoms with Crippen molar-refractivity contribution < 1.29 is 19.4 Å². The van der Waals surface area contributed by atoms with Crippen molar-refractivity contribution in [2.24, 2.45) is 0 Å². The van der Waals surface area contributed by atoms with Crippen molar-refractivity contribution in [3.8, 4) is 11.5 Å². The van der Waals surface area contributed by atoms with Gasteiger partial charge in [-0.25, -0.2) is 4.79 Å². The van der Waals surface area contributed by atoms with E-state index in [1.54, 1.807) is 6.07 Å². The Morgan fingerprint density at radius 1 is 1.36 bits per heavy atom. The number of fused-ring (bicyclic) bond motifs is 1. The summed E-state index contributed by atoms with van der Waals surface area (Å²) in [6, 6.07) is 2.89. The molecule has 2 rings (SSSR count). The number of carboxylic acid groups (broad SMARTS) is 1. The maximum atomic E-state index is 10.8. The first-order valence-electron chi connectivity index (χ1n) is 4.01. The highest BCUT2D eigenvalue weighted by Crippen LogP contribution is 2.36. The monoisotopic (exact) mass is 214 g/mol. The zero-order valence-electron chi connectivity index (χ0n) is 7.12.